The van der Waals surface area contributed by atoms with Crippen LogP contribution in [0.25, 0.3) is 71.5 Å². The minimum absolute atomic E-state index is 0.314. The van der Waals surface area contributed by atoms with Crippen molar-refractivity contribution in [3.63, 3.8) is 0 Å². The first kappa shape index (κ1) is 25.1. The second kappa shape index (κ2) is 8.74. The van der Waals surface area contributed by atoms with Crippen molar-refractivity contribution in [1.82, 2.24) is 4.57 Å². The number of rotatable bonds is 1. The molecule has 0 unspecified atom stereocenters. The van der Waals surface area contributed by atoms with Crippen molar-refractivity contribution in [2.24, 2.45) is 0 Å². The number of fused-ring (bicyclic) bond motifs is 16. The van der Waals surface area contributed by atoms with Crippen LogP contribution in [0.3, 0.4) is 0 Å². The van der Waals surface area contributed by atoms with Gasteiger partial charge in [-0.05, 0) is 80.2 Å². The van der Waals surface area contributed by atoms with Crippen LogP contribution in [0.5, 0.6) is 0 Å². The first-order valence-corrected chi connectivity index (χ1v) is 16.1. The minimum Gasteiger partial charge on any atom is -0.422 e. The molecule has 2 aromatic heterocycles. The molecule has 3 heteroatoms. The van der Waals surface area contributed by atoms with E-state index in [0.717, 1.165) is 38.3 Å². The molecule has 218 valence electrons. The van der Waals surface area contributed by atoms with E-state index in [1.165, 1.54) is 44.5 Å². The molecule has 0 saturated heterocycles. The normalized spacial score (nSPS) is 13.8. The van der Waals surface area contributed by atoms with E-state index in [1.54, 1.807) is 0 Å². The van der Waals surface area contributed by atoms with Gasteiger partial charge in [-0.2, -0.15) is 0 Å². The molecule has 0 N–H and O–H groups in total. The van der Waals surface area contributed by atoms with Gasteiger partial charge in [-0.1, -0.05) is 115 Å². The fraction of sp³-hybridized carbons (Fsp3) is 0.0227. The highest BCUT2D eigenvalue weighted by molar-refractivity contribution is 6.17. The van der Waals surface area contributed by atoms with Gasteiger partial charge in [0.15, 0.2) is 0 Å². The largest absolute Gasteiger partial charge is 0.422 e. The molecule has 0 aliphatic heterocycles. The van der Waals surface area contributed by atoms with Gasteiger partial charge in [0.05, 0.1) is 21.8 Å². The summed E-state index contributed by atoms with van der Waals surface area (Å²) < 4.78 is 8.31. The van der Waals surface area contributed by atoms with E-state index in [4.69, 9.17) is 4.42 Å². The number of hydrogen-bond donors (Lipinski definition) is 0. The van der Waals surface area contributed by atoms with Crippen molar-refractivity contribution in [2.75, 3.05) is 0 Å². The Morgan fingerprint density at radius 1 is 0.426 bits per heavy atom. The lowest BCUT2D eigenvalue weighted by atomic mass is 9.70. The van der Waals surface area contributed by atoms with Gasteiger partial charge < -0.3 is 8.98 Å². The lowest BCUT2D eigenvalue weighted by Gasteiger charge is -2.30. The highest BCUT2D eigenvalue weighted by Crippen LogP contribution is 2.62. The van der Waals surface area contributed by atoms with Gasteiger partial charge in [0.25, 0.3) is 0 Å². The monoisotopic (exact) mass is 599 g/mol. The zero-order chi connectivity index (χ0) is 30.9. The molecule has 0 amide bonds. The summed E-state index contributed by atoms with van der Waals surface area (Å²) >= 11 is 0. The van der Waals surface area contributed by atoms with Crippen LogP contribution >= 0.6 is 0 Å². The first-order chi connectivity index (χ1) is 23.2. The summed E-state index contributed by atoms with van der Waals surface area (Å²) in [5, 5.41) is 4.74. The lowest BCUT2D eigenvalue weighted by Crippen LogP contribution is -2.26. The van der Waals surface area contributed by atoms with Crippen molar-refractivity contribution >= 4 is 43.5 Å². The Morgan fingerprint density at radius 3 is 1.66 bits per heavy atom. The van der Waals surface area contributed by atoms with Crippen LogP contribution in [0.2, 0.25) is 0 Å². The summed E-state index contributed by atoms with van der Waals surface area (Å²) in [6.07, 6.45) is 0. The fourth-order valence-electron chi connectivity index (χ4n) is 8.84. The van der Waals surface area contributed by atoms with E-state index in [9.17, 15) is 4.79 Å². The second-order valence-corrected chi connectivity index (χ2v) is 12.8. The zero-order valence-corrected chi connectivity index (χ0v) is 25.2. The third-order valence-electron chi connectivity index (χ3n) is 10.7. The Hall–Kier alpha value is -6.19. The molecule has 1 spiro atoms. The molecular weight excluding hydrogens is 574 g/mol. The average Bonchev–Trinajstić information content (AvgIpc) is 3.72. The summed E-state index contributed by atoms with van der Waals surface area (Å²) in [6.45, 7) is 0. The number of hydrogen-bond acceptors (Lipinski definition) is 2. The van der Waals surface area contributed by atoms with E-state index >= 15 is 0 Å². The molecule has 2 aliphatic carbocycles. The van der Waals surface area contributed by atoms with Crippen LogP contribution < -0.4 is 5.63 Å². The second-order valence-electron chi connectivity index (χ2n) is 12.8. The van der Waals surface area contributed by atoms with Crippen LogP contribution in [-0.4, -0.2) is 4.57 Å². The molecule has 2 heterocycles. The average molecular weight is 600 g/mol. The van der Waals surface area contributed by atoms with Crippen LogP contribution in [-0.2, 0) is 5.41 Å². The van der Waals surface area contributed by atoms with Crippen molar-refractivity contribution in [3.05, 3.63) is 184 Å². The van der Waals surface area contributed by atoms with Gasteiger partial charge in [-0.15, -0.1) is 0 Å². The van der Waals surface area contributed by atoms with Crippen molar-refractivity contribution in [1.29, 1.82) is 0 Å². The minimum atomic E-state index is -0.424. The summed E-state index contributed by atoms with van der Waals surface area (Å²) in [5.41, 5.74) is 13.4. The molecule has 0 radical (unpaired) electrons. The molecule has 3 nitrogen and oxygen atoms in total. The molecular formula is C44H25NO2. The van der Waals surface area contributed by atoms with E-state index in [0.29, 0.717) is 11.0 Å². The van der Waals surface area contributed by atoms with Crippen LogP contribution in [0.15, 0.2) is 161 Å². The summed E-state index contributed by atoms with van der Waals surface area (Å²) in [5.74, 6) is 0. The predicted octanol–water partition coefficient (Wildman–Crippen LogP) is 10.4. The Bertz CT molecular complexity index is 2820. The summed E-state index contributed by atoms with van der Waals surface area (Å²) in [6, 6.07) is 54.2. The summed E-state index contributed by atoms with van der Waals surface area (Å²) in [7, 11) is 0. The van der Waals surface area contributed by atoms with Crippen LogP contribution in [0.4, 0.5) is 0 Å². The third-order valence-corrected chi connectivity index (χ3v) is 10.7. The van der Waals surface area contributed by atoms with Gasteiger partial charge in [-0.25, -0.2) is 4.79 Å². The standard InChI is InChI=1S/C44H25NO2/c46-43-33-16-2-1-11-27(33)35-24-34-32-15-6-10-20-40(32)45(41(34)25-42(35)47-43)26-21-22-31-30-14-5-9-19-38(30)44(39(31)23-26)36-17-7-3-12-28(36)29-13-4-8-18-37(29)44/h1-25H. The van der Waals surface area contributed by atoms with Gasteiger partial charge >= 0.3 is 5.63 Å². The molecule has 0 fully saturated rings. The maximum atomic E-state index is 13.1. The lowest BCUT2D eigenvalue weighted by molar-refractivity contribution is 0.570. The van der Waals surface area contributed by atoms with Gasteiger partial charge in [0.1, 0.15) is 5.58 Å². The van der Waals surface area contributed by atoms with Crippen LogP contribution in [0, 0.1) is 0 Å². The summed E-state index contributed by atoms with van der Waals surface area (Å²) in [4.78, 5) is 13.1. The van der Waals surface area contributed by atoms with Crippen molar-refractivity contribution in [3.8, 4) is 27.9 Å². The van der Waals surface area contributed by atoms with E-state index in [2.05, 4.69) is 132 Å². The first-order valence-electron chi connectivity index (χ1n) is 16.1. The molecule has 0 saturated carbocycles. The van der Waals surface area contributed by atoms with E-state index < -0.39 is 5.41 Å². The SMILES string of the molecule is O=c1oc2cc3c(cc2c2ccccc12)c1ccccc1n3-c1ccc2c(c1)C1(c3ccccc3-c3ccccc31)c1ccccc1-2. The highest BCUT2D eigenvalue weighted by atomic mass is 16.4. The maximum absolute atomic E-state index is 13.1. The quantitative estimate of drug-likeness (QED) is 0.139. The van der Waals surface area contributed by atoms with Crippen LogP contribution in [0.1, 0.15) is 22.3 Å². The third kappa shape index (κ3) is 3.00. The van der Waals surface area contributed by atoms with E-state index in [-0.39, 0.29) is 5.63 Å². The smallest absolute Gasteiger partial charge is 0.344 e. The number of nitrogens with zero attached hydrogens (tertiary/aromatic N) is 1. The van der Waals surface area contributed by atoms with Gasteiger partial charge in [0, 0.05) is 27.9 Å². The van der Waals surface area contributed by atoms with Gasteiger partial charge in [-0.3, -0.25) is 0 Å². The maximum Gasteiger partial charge on any atom is 0.344 e. The van der Waals surface area contributed by atoms with Gasteiger partial charge in [0.2, 0.25) is 0 Å². The van der Waals surface area contributed by atoms with Crippen molar-refractivity contribution < 1.29 is 4.42 Å². The Labute approximate surface area is 269 Å². The highest BCUT2D eigenvalue weighted by Gasteiger charge is 2.51. The Balaban J connectivity index is 1.26. The Morgan fingerprint density at radius 2 is 0.979 bits per heavy atom. The molecule has 7 aromatic carbocycles. The molecule has 0 atom stereocenters. The fourth-order valence-corrected chi connectivity index (χ4v) is 8.84. The number of para-hydroxylation sites is 1. The van der Waals surface area contributed by atoms with Crippen molar-refractivity contribution in [2.45, 2.75) is 5.41 Å². The molecule has 0 bridgehead atoms. The number of benzene rings is 7. The topological polar surface area (TPSA) is 35.1 Å². The van der Waals surface area contributed by atoms with E-state index in [1.807, 2.05) is 24.3 Å². The number of aromatic nitrogens is 1. The molecule has 2 aliphatic rings. The molecule has 9 aromatic rings. The molecule has 11 rings (SSSR count). The Kier molecular flexibility index (Phi) is 4.66. The predicted molar refractivity (Wildman–Crippen MR) is 191 cm³/mol. The molecule has 47 heavy (non-hydrogen) atoms. The zero-order valence-electron chi connectivity index (χ0n) is 25.2.